The van der Waals surface area contributed by atoms with E-state index in [-0.39, 0.29) is 6.61 Å². The van der Waals surface area contributed by atoms with E-state index >= 15 is 0 Å². The minimum absolute atomic E-state index is 0.113. The Morgan fingerprint density at radius 2 is 2.03 bits per heavy atom. The van der Waals surface area contributed by atoms with E-state index in [1.807, 2.05) is 42.3 Å². The first-order chi connectivity index (χ1) is 14.1. The van der Waals surface area contributed by atoms with Gasteiger partial charge < -0.3 is 20.1 Å². The van der Waals surface area contributed by atoms with Gasteiger partial charge in [0.15, 0.2) is 17.3 Å². The summed E-state index contributed by atoms with van der Waals surface area (Å²) >= 11 is 6.21. The number of methoxy groups -OCH3 is 1. The van der Waals surface area contributed by atoms with E-state index in [0.717, 1.165) is 16.3 Å². The van der Waals surface area contributed by atoms with Gasteiger partial charge in [-0.2, -0.15) is 0 Å². The molecule has 0 spiro atoms. The number of halogens is 1. The fourth-order valence-corrected chi connectivity index (χ4v) is 3.31. The highest BCUT2D eigenvalue weighted by Crippen LogP contribution is 2.32. The molecule has 0 bridgehead atoms. The molecule has 2 aromatic carbocycles. The zero-order valence-electron chi connectivity index (χ0n) is 16.3. The number of anilines is 2. The van der Waals surface area contributed by atoms with Crippen molar-refractivity contribution in [2.75, 3.05) is 37.5 Å². The Hall–Kier alpha value is -3.08. The number of hydrogen-bond acceptors (Lipinski definition) is 6. The van der Waals surface area contributed by atoms with Gasteiger partial charge in [0.05, 0.1) is 18.7 Å². The van der Waals surface area contributed by atoms with Crippen LogP contribution in [0, 0.1) is 6.57 Å². The topological polar surface area (TPSA) is 74.9 Å². The molecule has 0 saturated heterocycles. The Morgan fingerprint density at radius 1 is 1.21 bits per heavy atom. The van der Waals surface area contributed by atoms with Crippen LogP contribution in [0.3, 0.4) is 0 Å². The Kier molecular flexibility index (Phi) is 6.70. The van der Waals surface area contributed by atoms with Gasteiger partial charge in [-0.05, 0) is 30.2 Å². The van der Waals surface area contributed by atoms with Gasteiger partial charge in [-0.3, -0.25) is 0 Å². The lowest BCUT2D eigenvalue weighted by Crippen LogP contribution is -2.21. The Labute approximate surface area is 174 Å². The second-order valence-corrected chi connectivity index (χ2v) is 6.94. The monoisotopic (exact) mass is 411 g/mol. The van der Waals surface area contributed by atoms with Gasteiger partial charge in [0.2, 0.25) is 0 Å². The Bertz CT molecular complexity index is 1050. The molecule has 1 heterocycles. The van der Waals surface area contributed by atoms with Crippen LogP contribution in [0.4, 0.5) is 17.3 Å². The van der Waals surface area contributed by atoms with Gasteiger partial charge in [-0.25, -0.2) is 4.85 Å². The third kappa shape index (κ3) is 4.67. The van der Waals surface area contributed by atoms with Crippen molar-refractivity contribution in [1.29, 1.82) is 0 Å². The Balaban J connectivity index is 1.93. The molecule has 7 nitrogen and oxygen atoms in total. The van der Waals surface area contributed by atoms with E-state index in [0.29, 0.717) is 47.6 Å². The summed E-state index contributed by atoms with van der Waals surface area (Å²) in [7, 11) is 3.49. The molecule has 3 rings (SSSR count). The van der Waals surface area contributed by atoms with Crippen molar-refractivity contribution in [3.63, 3.8) is 0 Å². The van der Waals surface area contributed by atoms with E-state index < -0.39 is 0 Å². The summed E-state index contributed by atoms with van der Waals surface area (Å²) in [5.74, 6) is 1.93. The van der Waals surface area contributed by atoms with Crippen LogP contribution in [0.1, 0.15) is 12.0 Å². The van der Waals surface area contributed by atoms with Crippen molar-refractivity contribution in [3.8, 4) is 5.75 Å². The summed E-state index contributed by atoms with van der Waals surface area (Å²) in [5, 5.41) is 23.4. The van der Waals surface area contributed by atoms with Crippen LogP contribution in [0.15, 0.2) is 36.4 Å². The zero-order valence-corrected chi connectivity index (χ0v) is 17.1. The number of rotatable bonds is 8. The molecule has 1 aromatic heterocycles. The average molecular weight is 412 g/mol. The fourth-order valence-electron chi connectivity index (χ4n) is 3.03. The lowest BCUT2D eigenvalue weighted by atomic mass is 10.1. The first-order valence-electron chi connectivity index (χ1n) is 9.13. The van der Waals surface area contributed by atoms with Crippen LogP contribution < -0.4 is 15.0 Å². The number of benzene rings is 2. The Morgan fingerprint density at radius 3 is 2.72 bits per heavy atom. The molecule has 0 aliphatic heterocycles. The molecule has 0 aliphatic carbocycles. The molecule has 29 heavy (non-hydrogen) atoms. The standard InChI is InChI=1S/C21H22ClN5O2/c1-23-15-6-7-16-17(12-15)20(25-26-21(16)27(2)9-4-10-28)24-13-14-5-8-19(29-3)18(22)11-14/h5-8,11-12,28H,4,9-10,13H2,2-3H3,(H,24,25). The van der Waals surface area contributed by atoms with Crippen LogP contribution in [-0.4, -0.2) is 42.6 Å². The lowest BCUT2D eigenvalue weighted by Gasteiger charge is -2.20. The van der Waals surface area contributed by atoms with Gasteiger partial charge in [-0.15, -0.1) is 10.2 Å². The summed E-state index contributed by atoms with van der Waals surface area (Å²) < 4.78 is 5.19. The number of aliphatic hydroxyl groups excluding tert-OH is 1. The van der Waals surface area contributed by atoms with Gasteiger partial charge in [0.1, 0.15) is 5.75 Å². The third-order valence-corrected chi connectivity index (χ3v) is 4.86. The van der Waals surface area contributed by atoms with Crippen molar-refractivity contribution in [2.45, 2.75) is 13.0 Å². The maximum absolute atomic E-state index is 9.10. The molecule has 150 valence electrons. The summed E-state index contributed by atoms with van der Waals surface area (Å²) in [6, 6.07) is 11.0. The van der Waals surface area contributed by atoms with Crippen molar-refractivity contribution in [2.24, 2.45) is 0 Å². The first kappa shape index (κ1) is 20.6. The first-order valence-corrected chi connectivity index (χ1v) is 9.51. The molecule has 0 saturated carbocycles. The van der Waals surface area contributed by atoms with Crippen molar-refractivity contribution in [3.05, 3.63) is 58.4 Å². The van der Waals surface area contributed by atoms with Gasteiger partial charge in [-0.1, -0.05) is 29.8 Å². The molecule has 8 heteroatoms. The van der Waals surface area contributed by atoms with Crippen LogP contribution in [0.5, 0.6) is 5.75 Å². The average Bonchev–Trinajstić information content (AvgIpc) is 2.75. The molecular weight excluding hydrogens is 390 g/mol. The minimum atomic E-state index is 0.113. The number of nitrogens with one attached hydrogen (secondary N) is 1. The smallest absolute Gasteiger partial charge is 0.188 e. The van der Waals surface area contributed by atoms with Crippen LogP contribution in [-0.2, 0) is 6.54 Å². The number of aliphatic hydroxyl groups is 1. The predicted octanol–water partition coefficient (Wildman–Crippen LogP) is 4.27. The molecule has 0 fully saturated rings. The van der Waals surface area contributed by atoms with Crippen molar-refractivity contribution >= 4 is 39.7 Å². The summed E-state index contributed by atoms with van der Waals surface area (Å²) in [4.78, 5) is 5.49. The quantitative estimate of drug-likeness (QED) is 0.539. The van der Waals surface area contributed by atoms with Gasteiger partial charge in [0, 0.05) is 37.5 Å². The molecule has 2 N–H and O–H groups in total. The summed E-state index contributed by atoms with van der Waals surface area (Å²) in [6.07, 6.45) is 0.637. The minimum Gasteiger partial charge on any atom is -0.495 e. The van der Waals surface area contributed by atoms with E-state index in [2.05, 4.69) is 20.4 Å². The molecule has 0 aliphatic rings. The number of hydrogen-bond donors (Lipinski definition) is 2. The van der Waals surface area contributed by atoms with E-state index in [9.17, 15) is 0 Å². The van der Waals surface area contributed by atoms with Crippen molar-refractivity contribution < 1.29 is 9.84 Å². The molecule has 3 aromatic rings. The van der Waals surface area contributed by atoms with Gasteiger partial charge >= 0.3 is 0 Å². The number of ether oxygens (including phenoxy) is 1. The SMILES string of the molecule is [C-]#[N+]c1ccc2c(N(C)CCCO)nnc(NCc3ccc(OC)c(Cl)c3)c2c1. The van der Waals surface area contributed by atoms with E-state index in [1.54, 1.807) is 13.2 Å². The second kappa shape index (κ2) is 9.41. The zero-order chi connectivity index (χ0) is 20.8. The third-order valence-electron chi connectivity index (χ3n) is 4.56. The predicted molar refractivity (Wildman–Crippen MR) is 116 cm³/mol. The van der Waals surface area contributed by atoms with Crippen molar-refractivity contribution in [1.82, 2.24) is 10.2 Å². The summed E-state index contributed by atoms with van der Waals surface area (Å²) in [6.45, 7) is 8.58. The number of aromatic nitrogens is 2. The normalized spacial score (nSPS) is 10.6. The largest absolute Gasteiger partial charge is 0.495 e. The van der Waals surface area contributed by atoms with Crippen LogP contribution >= 0.6 is 11.6 Å². The number of fused-ring (bicyclic) bond motifs is 1. The van der Waals surface area contributed by atoms with Crippen LogP contribution in [0.25, 0.3) is 15.6 Å². The molecule has 0 atom stereocenters. The van der Waals surface area contributed by atoms with E-state index in [1.165, 1.54) is 0 Å². The van der Waals surface area contributed by atoms with Crippen LogP contribution in [0.2, 0.25) is 5.02 Å². The van der Waals surface area contributed by atoms with E-state index in [4.69, 9.17) is 28.0 Å². The molecule has 0 radical (unpaired) electrons. The highest BCUT2D eigenvalue weighted by Gasteiger charge is 2.13. The number of nitrogens with zero attached hydrogens (tertiary/aromatic N) is 4. The fraction of sp³-hybridized carbons (Fsp3) is 0.286. The molecule has 0 amide bonds. The maximum atomic E-state index is 9.10. The second-order valence-electron chi connectivity index (χ2n) is 6.54. The highest BCUT2D eigenvalue weighted by molar-refractivity contribution is 6.32. The molecular formula is C21H22ClN5O2. The highest BCUT2D eigenvalue weighted by atomic mass is 35.5. The maximum Gasteiger partial charge on any atom is 0.188 e. The van der Waals surface area contributed by atoms with Gasteiger partial charge in [0.25, 0.3) is 0 Å². The summed E-state index contributed by atoms with van der Waals surface area (Å²) in [5.41, 5.74) is 1.50. The molecule has 0 unspecified atom stereocenters. The lowest BCUT2D eigenvalue weighted by molar-refractivity contribution is 0.290.